The maximum absolute atomic E-state index is 12.2. The quantitative estimate of drug-likeness (QED) is 0.839. The SMILES string of the molecule is Cc1noc(Cl)c1CC(=O)N1CCSC(C)CC1. The van der Waals surface area contributed by atoms with Crippen LogP contribution in [0.15, 0.2) is 4.52 Å². The molecule has 1 fully saturated rings. The first-order valence-electron chi connectivity index (χ1n) is 6.08. The second kappa shape index (κ2) is 5.97. The zero-order chi connectivity index (χ0) is 13.1. The Morgan fingerprint density at radius 3 is 3.06 bits per heavy atom. The third-order valence-corrected chi connectivity index (χ3v) is 4.71. The molecule has 2 heterocycles. The number of hydrogen-bond donors (Lipinski definition) is 0. The molecule has 1 aromatic heterocycles. The van der Waals surface area contributed by atoms with E-state index in [4.69, 9.17) is 16.1 Å². The second-order valence-corrected chi connectivity index (χ2v) is 6.44. The van der Waals surface area contributed by atoms with Gasteiger partial charge in [0.25, 0.3) is 0 Å². The van der Waals surface area contributed by atoms with Gasteiger partial charge in [-0.15, -0.1) is 0 Å². The minimum atomic E-state index is 0.109. The number of nitrogens with zero attached hydrogens (tertiary/aromatic N) is 2. The first-order chi connectivity index (χ1) is 8.58. The number of aromatic nitrogens is 1. The number of halogens is 1. The normalized spacial score (nSPS) is 20.8. The lowest BCUT2D eigenvalue weighted by Gasteiger charge is -2.19. The predicted molar refractivity (Wildman–Crippen MR) is 73.1 cm³/mol. The molecule has 0 spiro atoms. The van der Waals surface area contributed by atoms with Crippen LogP contribution in [0, 0.1) is 6.92 Å². The molecule has 1 amide bonds. The van der Waals surface area contributed by atoms with E-state index in [2.05, 4.69) is 12.1 Å². The highest BCUT2D eigenvalue weighted by atomic mass is 35.5. The minimum absolute atomic E-state index is 0.109. The lowest BCUT2D eigenvalue weighted by atomic mass is 10.1. The fourth-order valence-electron chi connectivity index (χ4n) is 1.97. The van der Waals surface area contributed by atoms with Crippen LogP contribution in [0.4, 0.5) is 0 Å². The molecule has 0 aromatic carbocycles. The van der Waals surface area contributed by atoms with E-state index in [0.717, 1.165) is 25.3 Å². The van der Waals surface area contributed by atoms with Crippen molar-refractivity contribution in [3.8, 4) is 0 Å². The Bertz CT molecular complexity index is 416. The van der Waals surface area contributed by atoms with Crippen LogP contribution in [0.1, 0.15) is 24.6 Å². The van der Waals surface area contributed by atoms with Crippen LogP contribution in [-0.2, 0) is 11.2 Å². The smallest absolute Gasteiger partial charge is 0.229 e. The molecule has 18 heavy (non-hydrogen) atoms. The minimum Gasteiger partial charge on any atom is -0.344 e. The standard InChI is InChI=1S/C12H17ClN2O2S/c1-8-3-4-15(5-6-18-8)11(16)7-10-9(2)14-17-12(10)13/h8H,3-7H2,1-2H3. The lowest BCUT2D eigenvalue weighted by molar-refractivity contribution is -0.130. The Kier molecular flexibility index (Phi) is 4.56. The van der Waals surface area contributed by atoms with E-state index >= 15 is 0 Å². The molecule has 4 nitrogen and oxygen atoms in total. The summed E-state index contributed by atoms with van der Waals surface area (Å²) in [5, 5.41) is 4.63. The van der Waals surface area contributed by atoms with E-state index in [1.54, 1.807) is 6.92 Å². The number of rotatable bonds is 2. The summed E-state index contributed by atoms with van der Waals surface area (Å²) in [6.07, 6.45) is 1.33. The monoisotopic (exact) mass is 288 g/mol. The van der Waals surface area contributed by atoms with Crippen molar-refractivity contribution in [3.63, 3.8) is 0 Å². The van der Waals surface area contributed by atoms with Crippen molar-refractivity contribution in [3.05, 3.63) is 16.5 Å². The first-order valence-corrected chi connectivity index (χ1v) is 7.50. The molecule has 1 aromatic rings. The van der Waals surface area contributed by atoms with E-state index in [1.165, 1.54) is 0 Å². The summed E-state index contributed by atoms with van der Waals surface area (Å²) in [5.41, 5.74) is 1.41. The predicted octanol–water partition coefficient (Wildman–Crippen LogP) is 2.53. The molecule has 1 atom stereocenters. The molecule has 100 valence electrons. The number of hydrogen-bond acceptors (Lipinski definition) is 4. The van der Waals surface area contributed by atoms with Crippen LogP contribution in [-0.4, -0.2) is 40.1 Å². The van der Waals surface area contributed by atoms with Crippen LogP contribution in [0.25, 0.3) is 0 Å². The summed E-state index contributed by atoms with van der Waals surface area (Å²) < 4.78 is 4.87. The summed E-state index contributed by atoms with van der Waals surface area (Å²) >= 11 is 7.80. The van der Waals surface area contributed by atoms with Gasteiger partial charge < -0.3 is 9.42 Å². The summed E-state index contributed by atoms with van der Waals surface area (Å²) in [6, 6.07) is 0. The number of thioether (sulfide) groups is 1. The van der Waals surface area contributed by atoms with Crippen molar-refractivity contribution in [2.24, 2.45) is 0 Å². The Morgan fingerprint density at radius 1 is 1.61 bits per heavy atom. The third kappa shape index (κ3) is 3.20. The molecule has 6 heteroatoms. The van der Waals surface area contributed by atoms with Gasteiger partial charge in [-0.1, -0.05) is 12.1 Å². The van der Waals surface area contributed by atoms with Crippen LogP contribution < -0.4 is 0 Å². The van der Waals surface area contributed by atoms with Gasteiger partial charge in [0, 0.05) is 29.7 Å². The van der Waals surface area contributed by atoms with Gasteiger partial charge >= 0.3 is 0 Å². The van der Waals surface area contributed by atoms with E-state index in [9.17, 15) is 4.79 Å². The van der Waals surface area contributed by atoms with E-state index in [-0.39, 0.29) is 17.5 Å². The topological polar surface area (TPSA) is 46.3 Å². The fourth-order valence-corrected chi connectivity index (χ4v) is 3.21. The van der Waals surface area contributed by atoms with Crippen molar-refractivity contribution in [1.82, 2.24) is 10.1 Å². The summed E-state index contributed by atoms with van der Waals surface area (Å²) in [4.78, 5) is 14.1. The Morgan fingerprint density at radius 2 is 2.39 bits per heavy atom. The molecule has 0 bridgehead atoms. The zero-order valence-corrected chi connectivity index (χ0v) is 12.2. The maximum Gasteiger partial charge on any atom is 0.229 e. The molecule has 1 saturated heterocycles. The Hall–Kier alpha value is -0.680. The second-order valence-electron chi connectivity index (χ2n) is 4.55. The summed E-state index contributed by atoms with van der Waals surface area (Å²) in [7, 11) is 0. The van der Waals surface area contributed by atoms with Gasteiger partial charge in [-0.2, -0.15) is 11.8 Å². The highest BCUT2D eigenvalue weighted by Crippen LogP contribution is 2.22. The molecule has 0 saturated carbocycles. The van der Waals surface area contributed by atoms with Crippen LogP contribution in [0.2, 0.25) is 5.22 Å². The average Bonchev–Trinajstić information content (AvgIpc) is 2.56. The molecular formula is C12H17ClN2O2S. The van der Waals surface area contributed by atoms with E-state index in [1.807, 2.05) is 16.7 Å². The van der Waals surface area contributed by atoms with Crippen molar-refractivity contribution < 1.29 is 9.32 Å². The van der Waals surface area contributed by atoms with Gasteiger partial charge in [-0.25, -0.2) is 0 Å². The van der Waals surface area contributed by atoms with Crippen molar-refractivity contribution in [2.45, 2.75) is 31.9 Å². The molecule has 0 N–H and O–H groups in total. The number of amides is 1. The largest absolute Gasteiger partial charge is 0.344 e. The molecule has 0 radical (unpaired) electrons. The molecule has 1 aliphatic heterocycles. The lowest BCUT2D eigenvalue weighted by Crippen LogP contribution is -2.34. The van der Waals surface area contributed by atoms with Crippen LogP contribution in [0.3, 0.4) is 0 Å². The number of aryl methyl sites for hydroxylation is 1. The molecule has 1 unspecified atom stereocenters. The maximum atomic E-state index is 12.2. The zero-order valence-electron chi connectivity index (χ0n) is 10.6. The number of carbonyl (C=O) groups is 1. The molecule has 2 rings (SSSR count). The van der Waals surface area contributed by atoms with Crippen molar-refractivity contribution in [1.29, 1.82) is 0 Å². The fraction of sp³-hybridized carbons (Fsp3) is 0.667. The van der Waals surface area contributed by atoms with Gasteiger partial charge in [0.05, 0.1) is 12.1 Å². The Labute approximate surface area is 116 Å². The van der Waals surface area contributed by atoms with Crippen molar-refractivity contribution in [2.75, 3.05) is 18.8 Å². The van der Waals surface area contributed by atoms with Crippen LogP contribution >= 0.6 is 23.4 Å². The highest BCUT2D eigenvalue weighted by Gasteiger charge is 2.22. The van der Waals surface area contributed by atoms with Gasteiger partial charge in [-0.3, -0.25) is 4.79 Å². The highest BCUT2D eigenvalue weighted by molar-refractivity contribution is 7.99. The summed E-state index contributed by atoms with van der Waals surface area (Å²) in [6.45, 7) is 5.66. The van der Waals surface area contributed by atoms with Gasteiger partial charge in [0.15, 0.2) is 0 Å². The first kappa shape index (κ1) is 13.7. The summed E-state index contributed by atoms with van der Waals surface area (Å²) in [5.74, 6) is 1.11. The van der Waals surface area contributed by atoms with Gasteiger partial charge in [0.2, 0.25) is 11.1 Å². The van der Waals surface area contributed by atoms with Gasteiger partial charge in [0.1, 0.15) is 0 Å². The molecule has 1 aliphatic rings. The average molecular weight is 289 g/mol. The van der Waals surface area contributed by atoms with Crippen molar-refractivity contribution >= 4 is 29.3 Å². The number of carbonyl (C=O) groups excluding carboxylic acids is 1. The van der Waals surface area contributed by atoms with E-state index < -0.39 is 0 Å². The van der Waals surface area contributed by atoms with E-state index in [0.29, 0.717) is 16.5 Å². The van der Waals surface area contributed by atoms with Crippen LogP contribution in [0.5, 0.6) is 0 Å². The van der Waals surface area contributed by atoms with Gasteiger partial charge in [-0.05, 0) is 24.9 Å². The molecule has 0 aliphatic carbocycles. The molecular weight excluding hydrogens is 272 g/mol. The third-order valence-electron chi connectivity index (χ3n) is 3.19. The Balaban J connectivity index is 1.99.